The Morgan fingerprint density at radius 2 is 1.57 bits per heavy atom. The van der Waals surface area contributed by atoms with E-state index < -0.39 is 0 Å². The van der Waals surface area contributed by atoms with Gasteiger partial charge in [-0.25, -0.2) is 0 Å². The van der Waals surface area contributed by atoms with Crippen LogP contribution < -0.4 is 0 Å². The van der Waals surface area contributed by atoms with E-state index in [0.717, 1.165) is 11.1 Å². The molecule has 3 aromatic rings. The van der Waals surface area contributed by atoms with Crippen molar-refractivity contribution in [3.8, 4) is 0 Å². The maximum absolute atomic E-state index is 12.0. The Hall–Kier alpha value is -2.61. The molecule has 3 aromatic carbocycles. The van der Waals surface area contributed by atoms with Crippen molar-refractivity contribution in [3.05, 3.63) is 83.9 Å². The first-order valence-corrected chi connectivity index (χ1v) is 7.97. The first-order valence-electron chi connectivity index (χ1n) is 7.97. The topological polar surface area (TPSA) is 26.3 Å². The molecule has 0 bridgehead atoms. The van der Waals surface area contributed by atoms with Gasteiger partial charge in [-0.3, -0.25) is 4.79 Å². The van der Waals surface area contributed by atoms with E-state index in [1.54, 1.807) is 0 Å². The van der Waals surface area contributed by atoms with Gasteiger partial charge in [-0.05, 0) is 28.8 Å². The highest BCUT2D eigenvalue weighted by Crippen LogP contribution is 2.30. The number of fused-ring (bicyclic) bond motifs is 1. The summed E-state index contributed by atoms with van der Waals surface area (Å²) in [5, 5.41) is 2.40. The summed E-state index contributed by atoms with van der Waals surface area (Å²) in [6.45, 7) is 2.25. The summed E-state index contributed by atoms with van der Waals surface area (Å²) in [4.78, 5) is 12.0. The van der Waals surface area contributed by atoms with Crippen LogP contribution in [0.3, 0.4) is 0 Å². The molecule has 2 nitrogen and oxygen atoms in total. The molecule has 0 aliphatic carbocycles. The first kappa shape index (κ1) is 15.3. The lowest BCUT2D eigenvalue weighted by atomic mass is 9.87. The van der Waals surface area contributed by atoms with Gasteiger partial charge < -0.3 is 4.74 Å². The summed E-state index contributed by atoms with van der Waals surface area (Å²) in [7, 11) is 0. The Bertz CT molecular complexity index is 793. The maximum Gasteiger partial charge on any atom is 0.306 e. The lowest BCUT2D eigenvalue weighted by Crippen LogP contribution is -2.11. The zero-order valence-electron chi connectivity index (χ0n) is 13.2. The average Bonchev–Trinajstić information content (AvgIpc) is 2.60. The predicted octanol–water partition coefficient (Wildman–Crippen LogP) is 4.92. The molecule has 0 saturated carbocycles. The Morgan fingerprint density at radius 3 is 2.30 bits per heavy atom. The molecule has 0 amide bonds. The molecule has 3 rings (SSSR count). The predicted molar refractivity (Wildman–Crippen MR) is 93.5 cm³/mol. The van der Waals surface area contributed by atoms with Crippen molar-refractivity contribution in [1.82, 2.24) is 0 Å². The van der Waals surface area contributed by atoms with Crippen LogP contribution >= 0.6 is 0 Å². The zero-order chi connectivity index (χ0) is 16.1. The molecule has 0 spiro atoms. The molecule has 1 atom stereocenters. The molecule has 0 aliphatic heterocycles. The standard InChI is InChI=1S/C21H20O2/c1-2-23-21(22)15-20(17-9-4-3-5-10-17)19-13-12-16-8-6-7-11-18(16)14-19/h3-14,20H,2,15H2,1H3/t20-/m0/s1. The normalized spacial score (nSPS) is 12.0. The summed E-state index contributed by atoms with van der Waals surface area (Å²) < 4.78 is 5.16. The van der Waals surface area contributed by atoms with E-state index in [9.17, 15) is 4.79 Å². The minimum absolute atomic E-state index is 0.0138. The SMILES string of the molecule is CCOC(=O)C[C@@H](c1ccccc1)c1ccc2ccccc2c1. The maximum atomic E-state index is 12.0. The molecular formula is C21H20O2. The minimum atomic E-state index is -0.158. The van der Waals surface area contributed by atoms with Crippen LogP contribution in [-0.4, -0.2) is 12.6 Å². The second-order valence-corrected chi connectivity index (χ2v) is 5.58. The Kier molecular flexibility index (Phi) is 4.72. The van der Waals surface area contributed by atoms with Crippen LogP contribution in [0.1, 0.15) is 30.4 Å². The smallest absolute Gasteiger partial charge is 0.306 e. The van der Waals surface area contributed by atoms with Gasteiger partial charge in [0.2, 0.25) is 0 Å². The van der Waals surface area contributed by atoms with E-state index in [1.165, 1.54) is 10.8 Å². The highest BCUT2D eigenvalue weighted by molar-refractivity contribution is 5.83. The summed E-state index contributed by atoms with van der Waals surface area (Å²) >= 11 is 0. The Labute approximate surface area is 136 Å². The number of hydrogen-bond donors (Lipinski definition) is 0. The Morgan fingerprint density at radius 1 is 0.870 bits per heavy atom. The van der Waals surface area contributed by atoms with Gasteiger partial charge in [-0.2, -0.15) is 0 Å². The van der Waals surface area contributed by atoms with E-state index in [2.05, 4.69) is 42.5 Å². The monoisotopic (exact) mass is 304 g/mol. The van der Waals surface area contributed by atoms with E-state index in [0.29, 0.717) is 13.0 Å². The summed E-state index contributed by atoms with van der Waals surface area (Å²) in [5.41, 5.74) is 2.28. The van der Waals surface area contributed by atoms with Gasteiger partial charge in [-0.15, -0.1) is 0 Å². The molecular weight excluding hydrogens is 284 g/mol. The van der Waals surface area contributed by atoms with Crippen LogP contribution in [0.25, 0.3) is 10.8 Å². The number of ether oxygens (including phenoxy) is 1. The summed E-state index contributed by atoms with van der Waals surface area (Å²) in [6.07, 6.45) is 0.357. The largest absolute Gasteiger partial charge is 0.466 e. The van der Waals surface area contributed by atoms with Gasteiger partial charge in [0.05, 0.1) is 13.0 Å². The second kappa shape index (κ2) is 7.10. The first-order chi connectivity index (χ1) is 11.3. The van der Waals surface area contributed by atoms with E-state index >= 15 is 0 Å². The molecule has 116 valence electrons. The summed E-state index contributed by atoms with van der Waals surface area (Å²) in [5.74, 6) is -0.144. The molecule has 0 heterocycles. The molecule has 0 saturated heterocycles. The van der Waals surface area contributed by atoms with E-state index in [-0.39, 0.29) is 11.9 Å². The fourth-order valence-corrected chi connectivity index (χ4v) is 2.92. The van der Waals surface area contributed by atoms with E-state index in [4.69, 9.17) is 4.74 Å². The van der Waals surface area contributed by atoms with Gasteiger partial charge >= 0.3 is 5.97 Å². The zero-order valence-corrected chi connectivity index (χ0v) is 13.2. The van der Waals surface area contributed by atoms with Crippen molar-refractivity contribution < 1.29 is 9.53 Å². The van der Waals surface area contributed by atoms with Crippen molar-refractivity contribution in [2.45, 2.75) is 19.3 Å². The average molecular weight is 304 g/mol. The lowest BCUT2D eigenvalue weighted by Gasteiger charge is -2.18. The van der Waals surface area contributed by atoms with Gasteiger partial charge in [-0.1, -0.05) is 72.8 Å². The number of esters is 1. The van der Waals surface area contributed by atoms with Gasteiger partial charge in [0.15, 0.2) is 0 Å². The molecule has 0 aromatic heterocycles. The van der Waals surface area contributed by atoms with Crippen molar-refractivity contribution in [3.63, 3.8) is 0 Å². The van der Waals surface area contributed by atoms with E-state index in [1.807, 2.05) is 37.3 Å². The third kappa shape index (κ3) is 3.59. The van der Waals surface area contributed by atoms with Gasteiger partial charge in [0.25, 0.3) is 0 Å². The lowest BCUT2D eigenvalue weighted by molar-refractivity contribution is -0.143. The fraction of sp³-hybridized carbons (Fsp3) is 0.190. The molecule has 0 fully saturated rings. The van der Waals surface area contributed by atoms with Crippen molar-refractivity contribution in [2.75, 3.05) is 6.61 Å². The van der Waals surface area contributed by atoms with Crippen LogP contribution in [0, 0.1) is 0 Å². The highest BCUT2D eigenvalue weighted by atomic mass is 16.5. The molecule has 2 heteroatoms. The fourth-order valence-electron chi connectivity index (χ4n) is 2.92. The third-order valence-electron chi connectivity index (χ3n) is 4.05. The molecule has 0 N–H and O–H groups in total. The van der Waals surface area contributed by atoms with Crippen molar-refractivity contribution in [1.29, 1.82) is 0 Å². The number of carbonyl (C=O) groups is 1. The number of carbonyl (C=O) groups excluding carboxylic acids is 1. The molecule has 0 radical (unpaired) electrons. The number of rotatable bonds is 5. The van der Waals surface area contributed by atoms with Crippen LogP contribution in [0.15, 0.2) is 72.8 Å². The van der Waals surface area contributed by atoms with Crippen LogP contribution in [0.5, 0.6) is 0 Å². The minimum Gasteiger partial charge on any atom is -0.466 e. The van der Waals surface area contributed by atoms with Crippen molar-refractivity contribution >= 4 is 16.7 Å². The summed E-state index contributed by atoms with van der Waals surface area (Å²) in [6, 6.07) is 24.8. The molecule has 0 unspecified atom stereocenters. The molecule has 0 aliphatic rings. The van der Waals surface area contributed by atoms with Crippen molar-refractivity contribution in [2.24, 2.45) is 0 Å². The molecule has 23 heavy (non-hydrogen) atoms. The second-order valence-electron chi connectivity index (χ2n) is 5.58. The highest BCUT2D eigenvalue weighted by Gasteiger charge is 2.19. The Balaban J connectivity index is 2.00. The van der Waals surface area contributed by atoms with Gasteiger partial charge in [0, 0.05) is 5.92 Å². The van der Waals surface area contributed by atoms with Crippen LogP contribution in [-0.2, 0) is 9.53 Å². The number of hydrogen-bond acceptors (Lipinski definition) is 2. The quantitative estimate of drug-likeness (QED) is 0.625. The van der Waals surface area contributed by atoms with Gasteiger partial charge in [0.1, 0.15) is 0 Å². The third-order valence-corrected chi connectivity index (χ3v) is 4.05. The van der Waals surface area contributed by atoms with Crippen LogP contribution in [0.4, 0.5) is 0 Å². The van der Waals surface area contributed by atoms with Crippen LogP contribution in [0.2, 0.25) is 0 Å². The number of benzene rings is 3.